The molecule has 24 heavy (non-hydrogen) atoms. The average molecular weight is 334 g/mol. The summed E-state index contributed by atoms with van der Waals surface area (Å²) in [5.74, 6) is -0.305. The molecule has 1 aromatic rings. The third-order valence-corrected chi connectivity index (χ3v) is 4.34. The number of unbranched alkanes of at least 4 members (excludes halogenated alkanes) is 1. The van der Waals surface area contributed by atoms with Gasteiger partial charge in [-0.15, -0.1) is 0 Å². The second-order valence-corrected chi connectivity index (χ2v) is 6.21. The van der Waals surface area contributed by atoms with Crippen molar-refractivity contribution in [3.05, 3.63) is 23.8 Å². The number of aliphatic carboxylic acids is 1. The second-order valence-electron chi connectivity index (χ2n) is 6.21. The minimum atomic E-state index is -0.774. The van der Waals surface area contributed by atoms with Crippen molar-refractivity contribution >= 4 is 17.7 Å². The lowest BCUT2D eigenvalue weighted by molar-refractivity contribution is -0.143. The van der Waals surface area contributed by atoms with Crippen molar-refractivity contribution < 1.29 is 19.4 Å². The fourth-order valence-electron chi connectivity index (χ4n) is 2.72. The SMILES string of the molecule is CCCCOc1ccc(NC(=O)N2CCC(C(=O)O)CC2)c(C)c1. The van der Waals surface area contributed by atoms with Crippen LogP contribution in [0, 0.1) is 12.8 Å². The Balaban J connectivity index is 1.89. The highest BCUT2D eigenvalue weighted by atomic mass is 16.5. The zero-order valence-electron chi connectivity index (χ0n) is 14.4. The van der Waals surface area contributed by atoms with E-state index in [4.69, 9.17) is 9.84 Å². The van der Waals surface area contributed by atoms with Gasteiger partial charge in [0.15, 0.2) is 0 Å². The number of urea groups is 1. The summed E-state index contributed by atoms with van der Waals surface area (Å²) in [6.45, 7) is 5.69. The molecule has 2 rings (SSSR count). The third-order valence-electron chi connectivity index (χ3n) is 4.34. The fraction of sp³-hybridized carbons (Fsp3) is 0.556. The maximum atomic E-state index is 12.3. The van der Waals surface area contributed by atoms with Gasteiger partial charge in [0.05, 0.1) is 12.5 Å². The maximum Gasteiger partial charge on any atom is 0.321 e. The number of carboxylic acid groups (broad SMARTS) is 1. The van der Waals surface area contributed by atoms with Crippen LogP contribution in [-0.4, -0.2) is 41.7 Å². The number of rotatable bonds is 6. The van der Waals surface area contributed by atoms with Crippen LogP contribution in [0.3, 0.4) is 0 Å². The number of carbonyl (C=O) groups excluding carboxylic acids is 1. The molecule has 1 saturated heterocycles. The van der Waals surface area contributed by atoms with Gasteiger partial charge in [-0.1, -0.05) is 13.3 Å². The van der Waals surface area contributed by atoms with Crippen LogP contribution in [0.4, 0.5) is 10.5 Å². The highest BCUT2D eigenvalue weighted by molar-refractivity contribution is 5.90. The first-order chi connectivity index (χ1) is 11.5. The van der Waals surface area contributed by atoms with Crippen molar-refractivity contribution in [2.45, 2.75) is 39.5 Å². The van der Waals surface area contributed by atoms with E-state index in [0.717, 1.165) is 29.8 Å². The van der Waals surface area contributed by atoms with Gasteiger partial charge in [0.1, 0.15) is 5.75 Å². The van der Waals surface area contributed by atoms with E-state index >= 15 is 0 Å². The monoisotopic (exact) mass is 334 g/mol. The molecule has 1 fully saturated rings. The summed E-state index contributed by atoms with van der Waals surface area (Å²) in [5, 5.41) is 11.9. The molecule has 1 aromatic carbocycles. The number of aryl methyl sites for hydroxylation is 1. The lowest BCUT2D eigenvalue weighted by Gasteiger charge is -2.30. The lowest BCUT2D eigenvalue weighted by Crippen LogP contribution is -2.42. The molecule has 1 heterocycles. The van der Waals surface area contributed by atoms with Gasteiger partial charge in [0.25, 0.3) is 0 Å². The smallest absolute Gasteiger partial charge is 0.321 e. The molecule has 0 radical (unpaired) electrons. The van der Waals surface area contributed by atoms with Crippen molar-refractivity contribution in [2.24, 2.45) is 5.92 Å². The Labute approximate surface area is 142 Å². The van der Waals surface area contributed by atoms with E-state index in [1.54, 1.807) is 4.90 Å². The number of ether oxygens (including phenoxy) is 1. The zero-order chi connectivity index (χ0) is 17.5. The number of likely N-dealkylation sites (tertiary alicyclic amines) is 1. The number of piperidine rings is 1. The summed E-state index contributed by atoms with van der Waals surface area (Å²) in [6.07, 6.45) is 3.12. The molecule has 6 nitrogen and oxygen atoms in total. The Hall–Kier alpha value is -2.24. The average Bonchev–Trinajstić information content (AvgIpc) is 2.57. The number of hydrogen-bond acceptors (Lipinski definition) is 3. The summed E-state index contributed by atoms with van der Waals surface area (Å²) in [4.78, 5) is 25.0. The van der Waals surface area contributed by atoms with Crippen molar-refractivity contribution in [3.63, 3.8) is 0 Å². The van der Waals surface area contributed by atoms with Crippen LogP contribution in [0.5, 0.6) is 5.75 Å². The molecule has 0 aromatic heterocycles. The molecule has 0 bridgehead atoms. The molecule has 0 aliphatic carbocycles. The number of anilines is 1. The molecule has 1 aliphatic rings. The molecule has 1 aliphatic heterocycles. The number of nitrogens with zero attached hydrogens (tertiary/aromatic N) is 1. The Kier molecular flexibility index (Phi) is 6.46. The van der Waals surface area contributed by atoms with Crippen molar-refractivity contribution in [3.8, 4) is 5.75 Å². The van der Waals surface area contributed by atoms with Crippen molar-refractivity contribution in [1.29, 1.82) is 0 Å². The van der Waals surface area contributed by atoms with Gasteiger partial charge in [-0.25, -0.2) is 4.79 Å². The summed E-state index contributed by atoms with van der Waals surface area (Å²) in [7, 11) is 0. The van der Waals surface area contributed by atoms with Gasteiger partial charge in [-0.3, -0.25) is 4.79 Å². The minimum Gasteiger partial charge on any atom is -0.494 e. The van der Waals surface area contributed by atoms with E-state index < -0.39 is 5.97 Å². The standard InChI is InChI=1S/C18H26N2O4/c1-3-4-11-24-15-5-6-16(13(2)12-15)19-18(23)20-9-7-14(8-10-20)17(21)22/h5-6,12,14H,3-4,7-11H2,1-2H3,(H,19,23)(H,21,22). The van der Waals surface area contributed by atoms with Crippen molar-refractivity contribution in [2.75, 3.05) is 25.0 Å². The number of amides is 2. The first-order valence-corrected chi connectivity index (χ1v) is 8.53. The molecule has 2 N–H and O–H groups in total. The van der Waals surface area contributed by atoms with Crippen LogP contribution in [0.15, 0.2) is 18.2 Å². The van der Waals surface area contributed by atoms with E-state index in [9.17, 15) is 9.59 Å². The Morgan fingerprint density at radius 2 is 2.04 bits per heavy atom. The van der Waals surface area contributed by atoms with Gasteiger partial charge in [0.2, 0.25) is 0 Å². The molecule has 0 unspecified atom stereocenters. The van der Waals surface area contributed by atoms with Crippen LogP contribution in [-0.2, 0) is 4.79 Å². The van der Waals surface area contributed by atoms with E-state index in [2.05, 4.69) is 12.2 Å². The number of carbonyl (C=O) groups is 2. The molecule has 0 atom stereocenters. The fourth-order valence-corrected chi connectivity index (χ4v) is 2.72. The predicted octanol–water partition coefficient (Wildman–Crippen LogP) is 3.50. The van der Waals surface area contributed by atoms with Gasteiger partial charge < -0.3 is 20.1 Å². The minimum absolute atomic E-state index is 0.179. The van der Waals surface area contributed by atoms with Gasteiger partial charge in [0, 0.05) is 18.8 Å². The lowest BCUT2D eigenvalue weighted by atomic mass is 9.97. The summed E-state index contributed by atoms with van der Waals surface area (Å²) in [6, 6.07) is 5.44. The Morgan fingerprint density at radius 1 is 1.33 bits per heavy atom. The van der Waals surface area contributed by atoms with Crippen LogP contribution in [0.25, 0.3) is 0 Å². The quantitative estimate of drug-likeness (QED) is 0.780. The first kappa shape index (κ1) is 18.1. The largest absolute Gasteiger partial charge is 0.494 e. The highest BCUT2D eigenvalue weighted by Crippen LogP contribution is 2.23. The molecular formula is C18H26N2O4. The van der Waals surface area contributed by atoms with Crippen LogP contribution in [0.2, 0.25) is 0 Å². The van der Waals surface area contributed by atoms with Crippen LogP contribution >= 0.6 is 0 Å². The third kappa shape index (κ3) is 4.88. The molecule has 0 spiro atoms. The Bertz CT molecular complexity index is 580. The predicted molar refractivity (Wildman–Crippen MR) is 92.5 cm³/mol. The van der Waals surface area contributed by atoms with Crippen molar-refractivity contribution in [1.82, 2.24) is 4.90 Å². The number of benzene rings is 1. The second kappa shape index (κ2) is 8.57. The molecule has 2 amide bonds. The number of carboxylic acids is 1. The van der Waals surface area contributed by atoms with Gasteiger partial charge >= 0.3 is 12.0 Å². The molecule has 6 heteroatoms. The Morgan fingerprint density at radius 3 is 2.62 bits per heavy atom. The summed E-state index contributed by atoms with van der Waals surface area (Å²) in [5.41, 5.74) is 1.70. The van der Waals surface area contributed by atoms with E-state index in [-0.39, 0.29) is 11.9 Å². The zero-order valence-corrected chi connectivity index (χ0v) is 14.4. The number of nitrogens with one attached hydrogen (secondary N) is 1. The van der Waals surface area contributed by atoms with Crippen LogP contribution < -0.4 is 10.1 Å². The highest BCUT2D eigenvalue weighted by Gasteiger charge is 2.27. The topological polar surface area (TPSA) is 78.9 Å². The van der Waals surface area contributed by atoms with Crippen LogP contribution in [0.1, 0.15) is 38.2 Å². The van der Waals surface area contributed by atoms with E-state index in [1.165, 1.54) is 0 Å². The summed E-state index contributed by atoms with van der Waals surface area (Å²) >= 11 is 0. The van der Waals surface area contributed by atoms with E-state index in [1.807, 2.05) is 25.1 Å². The normalized spacial score (nSPS) is 15.2. The molecular weight excluding hydrogens is 308 g/mol. The van der Waals surface area contributed by atoms with Gasteiger partial charge in [-0.2, -0.15) is 0 Å². The first-order valence-electron chi connectivity index (χ1n) is 8.53. The number of hydrogen-bond donors (Lipinski definition) is 2. The molecule has 0 saturated carbocycles. The van der Waals surface area contributed by atoms with E-state index in [0.29, 0.717) is 32.5 Å². The summed E-state index contributed by atoms with van der Waals surface area (Å²) < 4.78 is 5.66. The maximum absolute atomic E-state index is 12.3. The van der Waals surface area contributed by atoms with Gasteiger partial charge in [-0.05, 0) is 49.9 Å². The molecule has 132 valence electrons.